The van der Waals surface area contributed by atoms with Crippen molar-refractivity contribution in [2.24, 2.45) is 0 Å². The summed E-state index contributed by atoms with van der Waals surface area (Å²) in [6.45, 7) is 4.31. The molecule has 4 aromatic rings. The minimum Gasteiger partial charge on any atom is -0.322 e. The van der Waals surface area contributed by atoms with Crippen LogP contribution in [0.2, 0.25) is 0 Å². The van der Waals surface area contributed by atoms with E-state index in [1.54, 1.807) is 40.4 Å². The molecule has 38 heavy (non-hydrogen) atoms. The molecule has 3 amide bonds. The van der Waals surface area contributed by atoms with Gasteiger partial charge in [0, 0.05) is 30.2 Å². The topological polar surface area (TPSA) is 108 Å². The van der Waals surface area contributed by atoms with Gasteiger partial charge in [-0.1, -0.05) is 43.0 Å². The van der Waals surface area contributed by atoms with Gasteiger partial charge in [-0.2, -0.15) is 10.1 Å². The lowest BCUT2D eigenvalue weighted by Gasteiger charge is -2.36. The molecule has 0 saturated heterocycles. The lowest BCUT2D eigenvalue weighted by Crippen LogP contribution is -2.45. The van der Waals surface area contributed by atoms with E-state index in [1.807, 2.05) is 47.3 Å². The van der Waals surface area contributed by atoms with Crippen LogP contribution < -0.4 is 15.5 Å². The van der Waals surface area contributed by atoms with E-state index < -0.39 is 0 Å². The lowest BCUT2D eigenvalue weighted by atomic mass is 10.1. The number of urea groups is 1. The van der Waals surface area contributed by atoms with E-state index >= 15 is 0 Å². The van der Waals surface area contributed by atoms with Crippen LogP contribution in [-0.2, 0) is 17.9 Å². The van der Waals surface area contributed by atoms with Crippen LogP contribution in [0.3, 0.4) is 0 Å². The van der Waals surface area contributed by atoms with Gasteiger partial charge in [0.05, 0.1) is 30.2 Å². The minimum absolute atomic E-state index is 0.222. The van der Waals surface area contributed by atoms with Gasteiger partial charge in [-0.3, -0.25) is 9.48 Å². The number of rotatable bonds is 8. The van der Waals surface area contributed by atoms with Crippen molar-refractivity contribution in [3.05, 3.63) is 97.0 Å². The first-order chi connectivity index (χ1) is 18.6. The number of nitrogens with zero attached hydrogens (tertiary/aromatic N) is 6. The number of carbonyl (C=O) groups is 2. The molecular formula is C28H26N8O2. The summed E-state index contributed by atoms with van der Waals surface area (Å²) in [6.07, 6.45) is 8.91. The summed E-state index contributed by atoms with van der Waals surface area (Å²) in [6, 6.07) is 17.2. The Morgan fingerprint density at radius 3 is 2.71 bits per heavy atom. The number of anilines is 5. The third-order valence-corrected chi connectivity index (χ3v) is 6.43. The van der Waals surface area contributed by atoms with E-state index in [2.05, 4.69) is 27.3 Å². The maximum atomic E-state index is 13.9. The van der Waals surface area contributed by atoms with Crippen LogP contribution in [0.15, 0.2) is 85.8 Å². The Labute approximate surface area is 219 Å². The van der Waals surface area contributed by atoms with Gasteiger partial charge in [-0.15, -0.1) is 0 Å². The fourth-order valence-corrected chi connectivity index (χ4v) is 4.41. The van der Waals surface area contributed by atoms with Crippen molar-refractivity contribution < 1.29 is 9.59 Å². The molecule has 1 aliphatic heterocycles. The Hall–Kier alpha value is -4.99. The predicted molar refractivity (Wildman–Crippen MR) is 144 cm³/mol. The van der Waals surface area contributed by atoms with Gasteiger partial charge in [-0.05, 0) is 42.7 Å². The number of nitrogens with one attached hydrogen (secondary N) is 2. The molecule has 10 heteroatoms. The Morgan fingerprint density at radius 2 is 1.92 bits per heavy atom. The van der Waals surface area contributed by atoms with Gasteiger partial charge in [0.25, 0.3) is 0 Å². The van der Waals surface area contributed by atoms with Gasteiger partial charge in [0.1, 0.15) is 0 Å². The van der Waals surface area contributed by atoms with Crippen molar-refractivity contribution in [2.45, 2.75) is 32.0 Å². The van der Waals surface area contributed by atoms with E-state index in [0.29, 0.717) is 42.3 Å². The SMILES string of the molecule is C=CC(=O)Nc1cccc(N2C(=O)N(Cc3ccccc3)Cc3cnc(Nc4cnn(C5CC5)c4)nc32)c1. The van der Waals surface area contributed by atoms with E-state index in [4.69, 9.17) is 4.98 Å². The second-order valence-electron chi connectivity index (χ2n) is 9.31. The second kappa shape index (κ2) is 9.81. The highest BCUT2D eigenvalue weighted by Crippen LogP contribution is 2.37. The molecule has 1 saturated carbocycles. The number of benzene rings is 2. The third-order valence-electron chi connectivity index (χ3n) is 6.43. The van der Waals surface area contributed by atoms with Gasteiger partial charge in [0.15, 0.2) is 5.82 Å². The summed E-state index contributed by atoms with van der Waals surface area (Å²) in [5.74, 6) is 0.516. The summed E-state index contributed by atoms with van der Waals surface area (Å²) in [5, 5.41) is 10.4. The largest absolute Gasteiger partial charge is 0.330 e. The second-order valence-corrected chi connectivity index (χ2v) is 9.31. The maximum Gasteiger partial charge on any atom is 0.330 e. The Morgan fingerprint density at radius 1 is 1.08 bits per heavy atom. The molecule has 6 rings (SSSR count). The Bertz CT molecular complexity index is 1510. The summed E-state index contributed by atoms with van der Waals surface area (Å²) in [5.41, 5.74) is 3.72. The summed E-state index contributed by atoms with van der Waals surface area (Å²) < 4.78 is 1.95. The maximum absolute atomic E-state index is 13.9. The fourth-order valence-electron chi connectivity index (χ4n) is 4.41. The number of amides is 3. The first kappa shape index (κ1) is 23.4. The summed E-state index contributed by atoms with van der Waals surface area (Å²) in [4.78, 5) is 38.4. The van der Waals surface area contributed by atoms with Crippen molar-refractivity contribution in [3.63, 3.8) is 0 Å². The summed E-state index contributed by atoms with van der Waals surface area (Å²) >= 11 is 0. The van der Waals surface area contributed by atoms with Crippen LogP contribution >= 0.6 is 0 Å². The molecular weight excluding hydrogens is 480 g/mol. The molecule has 0 bridgehead atoms. The standard InChI is InChI=1S/C28H26N8O2/c1-2-25(37)31-21-9-6-10-24(13-21)36-26-20(17-34(28(36)38)16-19-7-4-3-5-8-19)14-29-27(33-26)32-22-15-30-35(18-22)23-11-12-23/h2-10,13-15,18,23H,1,11-12,16-17H2,(H,31,37)(H,29,32,33). The predicted octanol–water partition coefficient (Wildman–Crippen LogP) is 5.15. The van der Waals surface area contributed by atoms with Crippen molar-refractivity contribution in [1.29, 1.82) is 0 Å². The van der Waals surface area contributed by atoms with Gasteiger partial charge in [0.2, 0.25) is 11.9 Å². The molecule has 2 aromatic carbocycles. The fraction of sp³-hybridized carbons (Fsp3) is 0.179. The van der Waals surface area contributed by atoms with Crippen molar-refractivity contribution in [1.82, 2.24) is 24.6 Å². The number of aromatic nitrogens is 4. The highest BCUT2D eigenvalue weighted by Gasteiger charge is 2.34. The lowest BCUT2D eigenvalue weighted by molar-refractivity contribution is -0.111. The highest BCUT2D eigenvalue weighted by molar-refractivity contribution is 6.03. The van der Waals surface area contributed by atoms with Crippen LogP contribution in [0.4, 0.5) is 33.6 Å². The van der Waals surface area contributed by atoms with Gasteiger partial charge in [-0.25, -0.2) is 14.7 Å². The van der Waals surface area contributed by atoms with E-state index in [9.17, 15) is 9.59 Å². The molecule has 2 aliphatic rings. The zero-order chi connectivity index (χ0) is 26.1. The van der Waals surface area contributed by atoms with Gasteiger partial charge >= 0.3 is 6.03 Å². The number of fused-ring (bicyclic) bond motifs is 1. The van der Waals surface area contributed by atoms with E-state index in [-0.39, 0.29) is 11.9 Å². The molecule has 190 valence electrons. The minimum atomic E-state index is -0.334. The monoisotopic (exact) mass is 506 g/mol. The molecule has 2 aromatic heterocycles. The van der Waals surface area contributed by atoms with Crippen molar-refractivity contribution >= 4 is 40.8 Å². The number of hydrogen-bond donors (Lipinski definition) is 2. The zero-order valence-corrected chi connectivity index (χ0v) is 20.6. The summed E-state index contributed by atoms with van der Waals surface area (Å²) in [7, 11) is 0. The number of hydrogen-bond acceptors (Lipinski definition) is 6. The van der Waals surface area contributed by atoms with Crippen molar-refractivity contribution in [2.75, 3.05) is 15.5 Å². The average Bonchev–Trinajstić information content (AvgIpc) is 3.68. The molecule has 0 atom stereocenters. The quantitative estimate of drug-likeness (QED) is 0.320. The molecule has 10 nitrogen and oxygen atoms in total. The van der Waals surface area contributed by atoms with Crippen LogP contribution in [0.25, 0.3) is 0 Å². The van der Waals surface area contributed by atoms with Gasteiger partial charge < -0.3 is 15.5 Å². The zero-order valence-electron chi connectivity index (χ0n) is 20.6. The third kappa shape index (κ3) is 4.83. The number of carbonyl (C=O) groups excluding carboxylic acids is 2. The first-order valence-corrected chi connectivity index (χ1v) is 12.4. The molecule has 3 heterocycles. The molecule has 1 aliphatic carbocycles. The first-order valence-electron chi connectivity index (χ1n) is 12.4. The highest BCUT2D eigenvalue weighted by atomic mass is 16.2. The van der Waals surface area contributed by atoms with Crippen LogP contribution in [0.1, 0.15) is 30.0 Å². The van der Waals surface area contributed by atoms with Crippen molar-refractivity contribution in [3.8, 4) is 0 Å². The smallest absolute Gasteiger partial charge is 0.322 e. The molecule has 0 unspecified atom stereocenters. The Balaban J connectivity index is 1.36. The molecule has 2 N–H and O–H groups in total. The molecule has 0 radical (unpaired) electrons. The van der Waals surface area contributed by atoms with E-state index in [1.165, 1.54) is 6.08 Å². The van der Waals surface area contributed by atoms with Crippen LogP contribution in [0.5, 0.6) is 0 Å². The normalized spacial score (nSPS) is 14.7. The van der Waals surface area contributed by atoms with Crippen LogP contribution in [0, 0.1) is 0 Å². The molecule has 0 spiro atoms. The van der Waals surface area contributed by atoms with Crippen LogP contribution in [-0.4, -0.2) is 36.6 Å². The Kier molecular flexibility index (Phi) is 6.04. The average molecular weight is 507 g/mol. The molecule has 1 fully saturated rings. The van der Waals surface area contributed by atoms with E-state index in [0.717, 1.165) is 29.7 Å².